The second-order valence-electron chi connectivity index (χ2n) is 5.78. The minimum absolute atomic E-state index is 0.124. The first-order valence-corrected chi connectivity index (χ1v) is 6.57. The molecule has 1 aliphatic heterocycles. The van der Waals surface area contributed by atoms with E-state index in [4.69, 9.17) is 4.74 Å². The SMILES string of the molecule is CC1(C)CCC(CNC2CCCCC2)O1. The third-order valence-corrected chi connectivity index (χ3v) is 3.79. The van der Waals surface area contributed by atoms with Gasteiger partial charge in [-0.1, -0.05) is 19.3 Å². The molecule has 0 radical (unpaired) electrons. The van der Waals surface area contributed by atoms with E-state index in [0.717, 1.165) is 12.6 Å². The van der Waals surface area contributed by atoms with Crippen LogP contribution in [0, 0.1) is 0 Å². The smallest absolute Gasteiger partial charge is 0.0707 e. The molecule has 0 aromatic rings. The van der Waals surface area contributed by atoms with Gasteiger partial charge >= 0.3 is 0 Å². The molecule has 0 amide bonds. The Bertz CT molecular complexity index is 197. The van der Waals surface area contributed by atoms with Crippen molar-refractivity contribution in [2.24, 2.45) is 0 Å². The van der Waals surface area contributed by atoms with Gasteiger partial charge in [-0.3, -0.25) is 0 Å². The van der Waals surface area contributed by atoms with Crippen LogP contribution in [0.3, 0.4) is 0 Å². The van der Waals surface area contributed by atoms with Crippen LogP contribution in [0.1, 0.15) is 58.8 Å². The molecule has 2 fully saturated rings. The van der Waals surface area contributed by atoms with Crippen molar-refractivity contribution < 1.29 is 4.74 Å². The molecule has 1 saturated heterocycles. The fraction of sp³-hybridized carbons (Fsp3) is 1.00. The lowest BCUT2D eigenvalue weighted by Crippen LogP contribution is -2.37. The average Bonchev–Trinajstić information content (AvgIpc) is 2.57. The summed E-state index contributed by atoms with van der Waals surface area (Å²) in [4.78, 5) is 0. The van der Waals surface area contributed by atoms with E-state index in [1.54, 1.807) is 0 Å². The van der Waals surface area contributed by atoms with Gasteiger partial charge in [0.25, 0.3) is 0 Å². The molecule has 0 bridgehead atoms. The lowest BCUT2D eigenvalue weighted by atomic mass is 9.95. The first-order chi connectivity index (χ1) is 7.16. The van der Waals surface area contributed by atoms with E-state index >= 15 is 0 Å². The van der Waals surface area contributed by atoms with E-state index in [9.17, 15) is 0 Å². The Morgan fingerprint density at radius 1 is 1.13 bits per heavy atom. The molecule has 0 spiro atoms. The normalized spacial score (nSPS) is 32.0. The number of ether oxygens (including phenoxy) is 1. The van der Waals surface area contributed by atoms with Crippen LogP contribution in [0.15, 0.2) is 0 Å². The molecular formula is C13H25NO. The highest BCUT2D eigenvalue weighted by Gasteiger charge is 2.31. The molecule has 2 nitrogen and oxygen atoms in total. The van der Waals surface area contributed by atoms with Crippen LogP contribution in [-0.4, -0.2) is 24.3 Å². The fourth-order valence-electron chi connectivity index (χ4n) is 2.83. The summed E-state index contributed by atoms with van der Waals surface area (Å²) in [5.41, 5.74) is 0.124. The number of hydrogen-bond donors (Lipinski definition) is 1. The van der Waals surface area contributed by atoms with E-state index in [1.165, 1.54) is 44.9 Å². The summed E-state index contributed by atoms with van der Waals surface area (Å²) in [6.07, 6.45) is 9.90. The molecule has 1 unspecified atom stereocenters. The van der Waals surface area contributed by atoms with Crippen molar-refractivity contribution in [2.75, 3.05) is 6.54 Å². The molecule has 88 valence electrons. The summed E-state index contributed by atoms with van der Waals surface area (Å²) in [5.74, 6) is 0. The standard InChI is InChI=1S/C13H25NO/c1-13(2)9-8-12(15-13)10-14-11-6-4-3-5-7-11/h11-12,14H,3-10H2,1-2H3. The number of rotatable bonds is 3. The number of hydrogen-bond acceptors (Lipinski definition) is 2. The van der Waals surface area contributed by atoms with E-state index in [-0.39, 0.29) is 5.60 Å². The van der Waals surface area contributed by atoms with Crippen molar-refractivity contribution in [1.82, 2.24) is 5.32 Å². The predicted molar refractivity (Wildman–Crippen MR) is 63.1 cm³/mol. The fourth-order valence-corrected chi connectivity index (χ4v) is 2.83. The van der Waals surface area contributed by atoms with Crippen LogP contribution in [-0.2, 0) is 4.74 Å². The molecule has 1 atom stereocenters. The molecule has 2 heteroatoms. The van der Waals surface area contributed by atoms with Gasteiger partial charge in [0.2, 0.25) is 0 Å². The van der Waals surface area contributed by atoms with Crippen molar-refractivity contribution >= 4 is 0 Å². The summed E-state index contributed by atoms with van der Waals surface area (Å²) >= 11 is 0. The molecule has 2 aliphatic rings. The van der Waals surface area contributed by atoms with Gasteiger partial charge < -0.3 is 10.1 Å². The molecule has 15 heavy (non-hydrogen) atoms. The van der Waals surface area contributed by atoms with Gasteiger partial charge in [0.1, 0.15) is 0 Å². The maximum absolute atomic E-state index is 5.98. The van der Waals surface area contributed by atoms with Crippen LogP contribution in [0.4, 0.5) is 0 Å². The lowest BCUT2D eigenvalue weighted by molar-refractivity contribution is -0.0155. The van der Waals surface area contributed by atoms with Crippen LogP contribution >= 0.6 is 0 Å². The summed E-state index contributed by atoms with van der Waals surface area (Å²) in [6.45, 7) is 5.47. The minimum atomic E-state index is 0.124. The summed E-state index contributed by atoms with van der Waals surface area (Å²) in [6, 6.07) is 0.770. The van der Waals surface area contributed by atoms with Crippen LogP contribution in [0.5, 0.6) is 0 Å². The summed E-state index contributed by atoms with van der Waals surface area (Å²) in [5, 5.41) is 3.68. The molecule has 2 rings (SSSR count). The lowest BCUT2D eigenvalue weighted by Gasteiger charge is -2.25. The zero-order chi connectivity index (χ0) is 10.7. The average molecular weight is 211 g/mol. The van der Waals surface area contributed by atoms with E-state index in [2.05, 4.69) is 19.2 Å². The molecular weight excluding hydrogens is 186 g/mol. The highest BCUT2D eigenvalue weighted by Crippen LogP contribution is 2.29. The monoisotopic (exact) mass is 211 g/mol. The Labute approximate surface area is 93.8 Å². The highest BCUT2D eigenvalue weighted by atomic mass is 16.5. The topological polar surface area (TPSA) is 21.3 Å². The van der Waals surface area contributed by atoms with Crippen molar-refractivity contribution in [3.8, 4) is 0 Å². The maximum Gasteiger partial charge on any atom is 0.0707 e. The van der Waals surface area contributed by atoms with Gasteiger partial charge in [0.05, 0.1) is 11.7 Å². The van der Waals surface area contributed by atoms with Gasteiger partial charge in [-0.2, -0.15) is 0 Å². The van der Waals surface area contributed by atoms with Crippen LogP contribution in [0.25, 0.3) is 0 Å². The van der Waals surface area contributed by atoms with Gasteiger partial charge in [-0.25, -0.2) is 0 Å². The van der Waals surface area contributed by atoms with Gasteiger partial charge in [-0.05, 0) is 39.5 Å². The second kappa shape index (κ2) is 4.84. The van der Waals surface area contributed by atoms with Crippen LogP contribution < -0.4 is 5.32 Å². The third kappa shape index (κ3) is 3.46. The molecule has 0 aromatic carbocycles. The number of nitrogens with one attached hydrogen (secondary N) is 1. The van der Waals surface area contributed by atoms with Crippen molar-refractivity contribution in [1.29, 1.82) is 0 Å². The third-order valence-electron chi connectivity index (χ3n) is 3.79. The van der Waals surface area contributed by atoms with Crippen LogP contribution in [0.2, 0.25) is 0 Å². The zero-order valence-corrected chi connectivity index (χ0v) is 10.2. The van der Waals surface area contributed by atoms with E-state index in [0.29, 0.717) is 6.10 Å². The Kier molecular flexibility index (Phi) is 3.68. The van der Waals surface area contributed by atoms with Crippen molar-refractivity contribution in [3.63, 3.8) is 0 Å². The van der Waals surface area contributed by atoms with Gasteiger partial charge in [0.15, 0.2) is 0 Å². The van der Waals surface area contributed by atoms with Gasteiger partial charge in [0, 0.05) is 12.6 Å². The Morgan fingerprint density at radius 2 is 1.87 bits per heavy atom. The van der Waals surface area contributed by atoms with E-state index in [1.807, 2.05) is 0 Å². The highest BCUT2D eigenvalue weighted by molar-refractivity contribution is 4.83. The first kappa shape index (κ1) is 11.4. The van der Waals surface area contributed by atoms with Gasteiger partial charge in [-0.15, -0.1) is 0 Å². The predicted octanol–water partition coefficient (Wildman–Crippen LogP) is 2.87. The second-order valence-corrected chi connectivity index (χ2v) is 5.78. The Balaban J connectivity index is 1.65. The molecule has 1 saturated carbocycles. The molecule has 1 aliphatic carbocycles. The van der Waals surface area contributed by atoms with Crippen molar-refractivity contribution in [3.05, 3.63) is 0 Å². The Hall–Kier alpha value is -0.0800. The maximum atomic E-state index is 5.98. The minimum Gasteiger partial charge on any atom is -0.371 e. The first-order valence-electron chi connectivity index (χ1n) is 6.57. The summed E-state index contributed by atoms with van der Waals surface area (Å²) in [7, 11) is 0. The Morgan fingerprint density at radius 3 is 2.47 bits per heavy atom. The summed E-state index contributed by atoms with van der Waals surface area (Å²) < 4.78 is 5.98. The quantitative estimate of drug-likeness (QED) is 0.775. The van der Waals surface area contributed by atoms with Crippen molar-refractivity contribution in [2.45, 2.75) is 76.5 Å². The molecule has 1 heterocycles. The molecule has 0 aromatic heterocycles. The zero-order valence-electron chi connectivity index (χ0n) is 10.2. The largest absolute Gasteiger partial charge is 0.371 e. The van der Waals surface area contributed by atoms with E-state index < -0.39 is 0 Å². The molecule has 1 N–H and O–H groups in total.